The molecule has 0 atom stereocenters. The number of imide groups is 1. The Balaban J connectivity index is 1.56. The van der Waals surface area contributed by atoms with E-state index in [0.717, 1.165) is 15.2 Å². The highest BCUT2D eigenvalue weighted by atomic mass is 32.1. The zero-order chi connectivity index (χ0) is 18.4. The number of carbonyl (C=O) groups is 2. The first-order valence-corrected chi connectivity index (χ1v) is 9.13. The van der Waals surface area contributed by atoms with Crippen LogP contribution in [-0.2, 0) is 4.79 Å². The van der Waals surface area contributed by atoms with Crippen molar-refractivity contribution in [3.63, 3.8) is 0 Å². The summed E-state index contributed by atoms with van der Waals surface area (Å²) < 4.78 is 6.98. The molecule has 2 aromatic carbocycles. The molecular weight excluding hydrogens is 360 g/mol. The number of furan rings is 1. The van der Waals surface area contributed by atoms with E-state index in [1.165, 1.54) is 0 Å². The number of hydrogen-bond acceptors (Lipinski definition) is 5. The second-order valence-electron chi connectivity index (χ2n) is 6.08. The fraction of sp³-hybridized carbons (Fsp3) is 0. The van der Waals surface area contributed by atoms with Crippen LogP contribution >= 0.6 is 11.3 Å². The lowest BCUT2D eigenvalue weighted by molar-refractivity contribution is -0.114. The molecule has 0 bridgehead atoms. The second kappa shape index (κ2) is 6.03. The molecule has 0 saturated carbocycles. The summed E-state index contributed by atoms with van der Waals surface area (Å²) in [6, 6.07) is 18.5. The highest BCUT2D eigenvalue weighted by Gasteiger charge is 2.27. The van der Waals surface area contributed by atoms with Crippen LogP contribution in [0.25, 0.3) is 32.6 Å². The number of fused-ring (bicyclic) bond motifs is 2. The number of rotatable bonds is 2. The Kier molecular flexibility index (Phi) is 3.51. The van der Waals surface area contributed by atoms with Gasteiger partial charge in [0.05, 0.1) is 15.8 Å². The molecule has 0 saturated heterocycles. The highest BCUT2D eigenvalue weighted by molar-refractivity contribution is 7.21. The number of nitrogens with zero attached hydrogens (tertiary/aromatic N) is 1. The molecule has 27 heavy (non-hydrogen) atoms. The number of para-hydroxylation sites is 1. The molecule has 0 fully saturated rings. The number of benzene rings is 2. The van der Waals surface area contributed by atoms with E-state index in [9.17, 15) is 9.59 Å². The summed E-state index contributed by atoms with van der Waals surface area (Å²) in [7, 11) is 0. The van der Waals surface area contributed by atoms with Gasteiger partial charge in [0.2, 0.25) is 0 Å². The first kappa shape index (κ1) is 15.7. The maximum absolute atomic E-state index is 12.3. The van der Waals surface area contributed by atoms with E-state index in [1.54, 1.807) is 47.7 Å². The van der Waals surface area contributed by atoms with Gasteiger partial charge in [-0.3, -0.25) is 14.9 Å². The zero-order valence-electron chi connectivity index (χ0n) is 13.9. The minimum atomic E-state index is -0.434. The lowest BCUT2D eigenvalue weighted by atomic mass is 9.94. The van der Waals surface area contributed by atoms with Gasteiger partial charge < -0.3 is 4.42 Å². The monoisotopic (exact) mass is 372 g/mol. The van der Waals surface area contributed by atoms with Crippen molar-refractivity contribution in [3.8, 4) is 10.8 Å². The molecule has 5 rings (SSSR count). The van der Waals surface area contributed by atoms with E-state index in [0.29, 0.717) is 28.2 Å². The van der Waals surface area contributed by atoms with Crippen LogP contribution in [0.5, 0.6) is 0 Å². The molecule has 1 N–H and O–H groups in total. The van der Waals surface area contributed by atoms with Crippen molar-refractivity contribution in [3.05, 3.63) is 77.6 Å². The summed E-state index contributed by atoms with van der Waals surface area (Å²) in [6.07, 6.45) is 1.65. The van der Waals surface area contributed by atoms with Gasteiger partial charge in [0.1, 0.15) is 5.76 Å². The van der Waals surface area contributed by atoms with E-state index in [-0.39, 0.29) is 5.91 Å². The molecule has 1 aliphatic rings. The van der Waals surface area contributed by atoms with Gasteiger partial charge >= 0.3 is 0 Å². The average Bonchev–Trinajstić information content (AvgIpc) is 3.31. The molecule has 0 aliphatic carbocycles. The predicted molar refractivity (Wildman–Crippen MR) is 104 cm³/mol. The quantitative estimate of drug-likeness (QED) is 0.419. The number of thiazole rings is 1. The lowest BCUT2D eigenvalue weighted by Gasteiger charge is -2.17. The third-order valence-electron chi connectivity index (χ3n) is 4.35. The molecule has 2 aromatic heterocycles. The highest BCUT2D eigenvalue weighted by Crippen LogP contribution is 2.32. The maximum atomic E-state index is 12.3. The van der Waals surface area contributed by atoms with Crippen LogP contribution in [0.1, 0.15) is 21.7 Å². The van der Waals surface area contributed by atoms with E-state index in [1.807, 2.05) is 30.3 Å². The summed E-state index contributed by atoms with van der Waals surface area (Å²) in [5.41, 5.74) is 2.40. The Morgan fingerprint density at radius 3 is 2.52 bits per heavy atom. The zero-order valence-corrected chi connectivity index (χ0v) is 14.7. The predicted octanol–water partition coefficient (Wildman–Crippen LogP) is 4.37. The SMILES string of the molecule is O=C1NC(=O)c2ccccc2C1=Cc1ccc(-c2nc3ccccc3s2)o1. The summed E-state index contributed by atoms with van der Waals surface area (Å²) in [5, 5.41) is 3.15. The van der Waals surface area contributed by atoms with E-state index < -0.39 is 5.91 Å². The smallest absolute Gasteiger partial charge is 0.258 e. The molecule has 130 valence electrons. The average molecular weight is 372 g/mol. The first-order chi connectivity index (χ1) is 13.2. The van der Waals surface area contributed by atoms with Gasteiger partial charge in [0.15, 0.2) is 10.8 Å². The third-order valence-corrected chi connectivity index (χ3v) is 5.40. The second-order valence-corrected chi connectivity index (χ2v) is 7.11. The summed E-state index contributed by atoms with van der Waals surface area (Å²) in [6.45, 7) is 0. The summed E-state index contributed by atoms with van der Waals surface area (Å²) in [4.78, 5) is 28.9. The van der Waals surface area contributed by atoms with Crippen molar-refractivity contribution >= 4 is 45.0 Å². The van der Waals surface area contributed by atoms with Gasteiger partial charge in [0.25, 0.3) is 11.8 Å². The standard InChI is InChI=1S/C21H12N2O3S/c24-19-14-6-2-1-5-13(14)15(20(25)23-19)11-12-9-10-17(26-12)21-22-16-7-3-4-8-18(16)27-21/h1-11H,(H,23,24,25). The Hall–Kier alpha value is -3.51. The molecule has 3 heterocycles. The van der Waals surface area contributed by atoms with Crippen molar-refractivity contribution in [1.29, 1.82) is 0 Å². The Morgan fingerprint density at radius 2 is 1.67 bits per heavy atom. The fourth-order valence-electron chi connectivity index (χ4n) is 3.08. The first-order valence-electron chi connectivity index (χ1n) is 8.31. The van der Waals surface area contributed by atoms with Crippen molar-refractivity contribution in [2.24, 2.45) is 0 Å². The summed E-state index contributed by atoms with van der Waals surface area (Å²) >= 11 is 1.55. The molecule has 4 aromatic rings. The Labute approximate surface area is 158 Å². The number of nitrogens with one attached hydrogen (secondary N) is 1. The number of hydrogen-bond donors (Lipinski definition) is 1. The minimum Gasteiger partial charge on any atom is -0.454 e. The normalized spacial score (nSPS) is 15.2. The van der Waals surface area contributed by atoms with Crippen LogP contribution < -0.4 is 5.32 Å². The van der Waals surface area contributed by atoms with E-state index in [2.05, 4.69) is 10.3 Å². The molecule has 6 heteroatoms. The van der Waals surface area contributed by atoms with Gasteiger partial charge in [-0.1, -0.05) is 30.3 Å². The van der Waals surface area contributed by atoms with Gasteiger partial charge in [-0.15, -0.1) is 11.3 Å². The van der Waals surface area contributed by atoms with Gasteiger partial charge in [-0.25, -0.2) is 4.98 Å². The van der Waals surface area contributed by atoms with Crippen LogP contribution in [0.2, 0.25) is 0 Å². The van der Waals surface area contributed by atoms with Crippen molar-refractivity contribution in [2.75, 3.05) is 0 Å². The largest absolute Gasteiger partial charge is 0.454 e. The molecule has 0 spiro atoms. The van der Waals surface area contributed by atoms with Crippen LogP contribution in [0.3, 0.4) is 0 Å². The molecule has 0 unspecified atom stereocenters. The van der Waals surface area contributed by atoms with Crippen molar-refractivity contribution in [1.82, 2.24) is 10.3 Å². The van der Waals surface area contributed by atoms with Gasteiger partial charge in [-0.05, 0) is 36.4 Å². The van der Waals surface area contributed by atoms with Gasteiger partial charge in [0, 0.05) is 11.1 Å². The van der Waals surface area contributed by atoms with Crippen LogP contribution in [-0.4, -0.2) is 16.8 Å². The fourth-order valence-corrected chi connectivity index (χ4v) is 4.01. The summed E-state index contributed by atoms with van der Waals surface area (Å²) in [5.74, 6) is 0.348. The van der Waals surface area contributed by atoms with E-state index in [4.69, 9.17) is 4.42 Å². The number of aromatic nitrogens is 1. The van der Waals surface area contributed by atoms with Crippen LogP contribution in [0, 0.1) is 0 Å². The van der Waals surface area contributed by atoms with Crippen molar-refractivity contribution < 1.29 is 14.0 Å². The van der Waals surface area contributed by atoms with Crippen molar-refractivity contribution in [2.45, 2.75) is 0 Å². The number of carbonyl (C=O) groups excluding carboxylic acids is 2. The Bertz CT molecular complexity index is 1220. The molecule has 0 radical (unpaired) electrons. The molecule has 2 amide bonds. The third kappa shape index (κ3) is 2.67. The van der Waals surface area contributed by atoms with Crippen LogP contribution in [0.4, 0.5) is 0 Å². The number of amides is 2. The molecule has 5 nitrogen and oxygen atoms in total. The minimum absolute atomic E-state index is 0.387. The van der Waals surface area contributed by atoms with Gasteiger partial charge in [-0.2, -0.15) is 0 Å². The Morgan fingerprint density at radius 1 is 0.889 bits per heavy atom. The van der Waals surface area contributed by atoms with Crippen LogP contribution in [0.15, 0.2) is 65.1 Å². The lowest BCUT2D eigenvalue weighted by Crippen LogP contribution is -2.36. The molecular formula is C21H12N2O3S. The van der Waals surface area contributed by atoms with E-state index >= 15 is 0 Å². The maximum Gasteiger partial charge on any atom is 0.258 e. The molecule has 1 aliphatic heterocycles. The topological polar surface area (TPSA) is 72.2 Å².